The normalized spacial score (nSPS) is 13.7. The molecule has 0 rings (SSSR count). The standard InChI is InChI=1S/C16H35NO3/c1-4-6-7-8-9-10-11-12-13-14-15(5-2)17-20-16(3,18)19/h15,17-19H,4-14H2,1-3H3. The van der Waals surface area contributed by atoms with Crippen molar-refractivity contribution in [1.29, 1.82) is 0 Å². The minimum absolute atomic E-state index is 0.193. The van der Waals surface area contributed by atoms with Crippen molar-refractivity contribution in [3.63, 3.8) is 0 Å². The topological polar surface area (TPSA) is 61.7 Å². The summed E-state index contributed by atoms with van der Waals surface area (Å²) in [5.74, 6) is -2.09. The third kappa shape index (κ3) is 14.3. The third-order valence-electron chi connectivity index (χ3n) is 3.57. The highest BCUT2D eigenvalue weighted by Crippen LogP contribution is 2.12. The van der Waals surface area contributed by atoms with Crippen LogP contribution >= 0.6 is 0 Å². The van der Waals surface area contributed by atoms with E-state index in [0.717, 1.165) is 19.3 Å². The lowest BCUT2D eigenvalue weighted by atomic mass is 10.0. The summed E-state index contributed by atoms with van der Waals surface area (Å²) in [6.07, 6.45) is 13.8. The molecular formula is C16H35NO3. The summed E-state index contributed by atoms with van der Waals surface area (Å²) in [5, 5.41) is 18.1. The Hall–Kier alpha value is -0.160. The number of hydrogen-bond acceptors (Lipinski definition) is 4. The highest BCUT2D eigenvalue weighted by molar-refractivity contribution is 4.60. The molecule has 0 aliphatic heterocycles. The lowest BCUT2D eigenvalue weighted by Crippen LogP contribution is -2.39. The van der Waals surface area contributed by atoms with Gasteiger partial charge in [0.1, 0.15) is 0 Å². The van der Waals surface area contributed by atoms with Gasteiger partial charge in [-0.25, -0.2) is 4.84 Å². The van der Waals surface area contributed by atoms with Crippen molar-refractivity contribution in [3.05, 3.63) is 0 Å². The molecule has 0 aromatic carbocycles. The predicted molar refractivity (Wildman–Crippen MR) is 83.0 cm³/mol. The fourth-order valence-corrected chi connectivity index (χ4v) is 2.24. The van der Waals surface area contributed by atoms with Crippen LogP contribution < -0.4 is 5.48 Å². The quantitative estimate of drug-likeness (QED) is 0.258. The Bertz CT molecular complexity index is 204. The summed E-state index contributed by atoms with van der Waals surface area (Å²) in [4.78, 5) is 4.78. The molecule has 0 bridgehead atoms. The van der Waals surface area contributed by atoms with Gasteiger partial charge in [0, 0.05) is 13.0 Å². The number of hydrogen-bond donors (Lipinski definition) is 3. The molecular weight excluding hydrogens is 254 g/mol. The van der Waals surface area contributed by atoms with Crippen molar-refractivity contribution < 1.29 is 15.1 Å². The number of hydroxylamine groups is 1. The van der Waals surface area contributed by atoms with Gasteiger partial charge in [-0.15, -0.1) is 0 Å². The van der Waals surface area contributed by atoms with Crippen molar-refractivity contribution in [2.75, 3.05) is 0 Å². The molecule has 4 nitrogen and oxygen atoms in total. The minimum Gasteiger partial charge on any atom is -0.343 e. The first-order valence-electron chi connectivity index (χ1n) is 8.37. The van der Waals surface area contributed by atoms with Crippen molar-refractivity contribution in [2.24, 2.45) is 0 Å². The van der Waals surface area contributed by atoms with Gasteiger partial charge < -0.3 is 10.2 Å². The van der Waals surface area contributed by atoms with Gasteiger partial charge in [0.15, 0.2) is 0 Å². The maximum absolute atomic E-state index is 9.06. The number of nitrogens with one attached hydrogen (secondary N) is 1. The van der Waals surface area contributed by atoms with Crippen LogP contribution in [-0.4, -0.2) is 22.2 Å². The minimum atomic E-state index is -2.09. The van der Waals surface area contributed by atoms with Crippen LogP contribution in [0.3, 0.4) is 0 Å². The largest absolute Gasteiger partial charge is 0.343 e. The molecule has 20 heavy (non-hydrogen) atoms. The van der Waals surface area contributed by atoms with E-state index in [4.69, 9.17) is 15.1 Å². The molecule has 0 aliphatic carbocycles. The second kappa shape index (κ2) is 12.6. The Balaban J connectivity index is 3.38. The molecule has 0 fully saturated rings. The molecule has 0 saturated heterocycles. The second-order valence-corrected chi connectivity index (χ2v) is 5.88. The first kappa shape index (κ1) is 19.8. The molecule has 0 spiro atoms. The van der Waals surface area contributed by atoms with Gasteiger partial charge >= 0.3 is 0 Å². The van der Waals surface area contributed by atoms with Crippen LogP contribution in [0.2, 0.25) is 0 Å². The zero-order chi connectivity index (χ0) is 15.3. The molecule has 1 unspecified atom stereocenters. The van der Waals surface area contributed by atoms with Gasteiger partial charge in [0.25, 0.3) is 5.97 Å². The van der Waals surface area contributed by atoms with Gasteiger partial charge in [-0.3, -0.25) is 0 Å². The Kier molecular flexibility index (Phi) is 12.5. The van der Waals surface area contributed by atoms with Crippen LogP contribution in [0.4, 0.5) is 0 Å². The lowest BCUT2D eigenvalue weighted by molar-refractivity contribution is -0.354. The number of aliphatic hydroxyl groups is 2. The Morgan fingerprint density at radius 3 is 1.85 bits per heavy atom. The first-order valence-corrected chi connectivity index (χ1v) is 8.37. The summed E-state index contributed by atoms with van der Waals surface area (Å²) >= 11 is 0. The van der Waals surface area contributed by atoms with Gasteiger partial charge in [0.2, 0.25) is 0 Å². The van der Waals surface area contributed by atoms with E-state index < -0.39 is 5.97 Å². The molecule has 0 radical (unpaired) electrons. The highest BCUT2D eigenvalue weighted by atomic mass is 16.8. The fourth-order valence-electron chi connectivity index (χ4n) is 2.24. The molecule has 0 saturated carbocycles. The van der Waals surface area contributed by atoms with Crippen LogP contribution in [0.1, 0.15) is 91.4 Å². The zero-order valence-electron chi connectivity index (χ0n) is 13.7. The Labute approximate surface area is 124 Å². The van der Waals surface area contributed by atoms with Crippen LogP contribution in [-0.2, 0) is 4.84 Å². The average Bonchev–Trinajstić information content (AvgIpc) is 2.39. The molecule has 0 aromatic rings. The Morgan fingerprint density at radius 1 is 0.900 bits per heavy atom. The zero-order valence-corrected chi connectivity index (χ0v) is 13.7. The van der Waals surface area contributed by atoms with Crippen molar-refractivity contribution in [1.82, 2.24) is 5.48 Å². The monoisotopic (exact) mass is 289 g/mol. The lowest BCUT2D eigenvalue weighted by Gasteiger charge is -2.22. The summed E-state index contributed by atoms with van der Waals surface area (Å²) in [7, 11) is 0. The third-order valence-corrected chi connectivity index (χ3v) is 3.57. The van der Waals surface area contributed by atoms with E-state index in [0.29, 0.717) is 0 Å². The molecule has 0 aliphatic rings. The van der Waals surface area contributed by atoms with Crippen LogP contribution in [0, 0.1) is 0 Å². The first-order chi connectivity index (χ1) is 9.49. The van der Waals surface area contributed by atoms with E-state index in [1.807, 2.05) is 0 Å². The maximum Gasteiger partial charge on any atom is 0.291 e. The van der Waals surface area contributed by atoms with Crippen LogP contribution in [0.5, 0.6) is 0 Å². The molecule has 0 aromatic heterocycles. The molecule has 4 heteroatoms. The average molecular weight is 289 g/mol. The summed E-state index contributed by atoms with van der Waals surface area (Å²) in [5.41, 5.74) is 2.73. The van der Waals surface area contributed by atoms with E-state index >= 15 is 0 Å². The van der Waals surface area contributed by atoms with Gasteiger partial charge in [-0.2, -0.15) is 5.48 Å². The SMILES string of the molecule is CCCCCCCCCCCC(CC)NOC(C)(O)O. The molecule has 122 valence electrons. The van der Waals surface area contributed by atoms with E-state index in [1.54, 1.807) is 0 Å². The van der Waals surface area contributed by atoms with Crippen molar-refractivity contribution in [2.45, 2.75) is 103 Å². The second-order valence-electron chi connectivity index (χ2n) is 5.88. The summed E-state index contributed by atoms with van der Waals surface area (Å²) in [6.45, 7) is 5.52. The molecule has 0 heterocycles. The number of unbranched alkanes of at least 4 members (excludes halogenated alkanes) is 8. The van der Waals surface area contributed by atoms with E-state index in [-0.39, 0.29) is 6.04 Å². The molecule has 3 N–H and O–H groups in total. The van der Waals surface area contributed by atoms with Crippen LogP contribution in [0.15, 0.2) is 0 Å². The number of rotatable bonds is 14. The van der Waals surface area contributed by atoms with E-state index in [2.05, 4.69) is 19.3 Å². The maximum atomic E-state index is 9.06. The summed E-state index contributed by atoms with van der Waals surface area (Å²) < 4.78 is 0. The molecule has 1 atom stereocenters. The smallest absolute Gasteiger partial charge is 0.291 e. The van der Waals surface area contributed by atoms with Crippen molar-refractivity contribution in [3.8, 4) is 0 Å². The van der Waals surface area contributed by atoms with Gasteiger partial charge in [-0.05, 0) is 12.8 Å². The van der Waals surface area contributed by atoms with Gasteiger partial charge in [0.05, 0.1) is 0 Å². The Morgan fingerprint density at radius 2 is 1.40 bits per heavy atom. The van der Waals surface area contributed by atoms with Crippen LogP contribution in [0.25, 0.3) is 0 Å². The summed E-state index contributed by atoms with van der Waals surface area (Å²) in [6, 6.07) is 0.193. The fraction of sp³-hybridized carbons (Fsp3) is 1.00. The van der Waals surface area contributed by atoms with E-state index in [1.165, 1.54) is 58.3 Å². The highest BCUT2D eigenvalue weighted by Gasteiger charge is 2.17. The van der Waals surface area contributed by atoms with E-state index in [9.17, 15) is 0 Å². The van der Waals surface area contributed by atoms with Crippen molar-refractivity contribution >= 4 is 0 Å². The van der Waals surface area contributed by atoms with Gasteiger partial charge in [-0.1, -0.05) is 71.6 Å². The predicted octanol–water partition coefficient (Wildman–Crippen LogP) is 3.87. The molecule has 0 amide bonds.